The van der Waals surface area contributed by atoms with Gasteiger partial charge in [-0.15, -0.1) is 0 Å². The minimum atomic E-state index is -1.11. The van der Waals surface area contributed by atoms with E-state index in [-0.39, 0.29) is 18.2 Å². The third-order valence-corrected chi connectivity index (χ3v) is 1.95. The summed E-state index contributed by atoms with van der Waals surface area (Å²) >= 11 is 0. The minimum Gasteiger partial charge on any atom is -0.480 e. The van der Waals surface area contributed by atoms with Crippen molar-refractivity contribution in [1.29, 1.82) is 5.26 Å². The summed E-state index contributed by atoms with van der Waals surface area (Å²) in [6.45, 7) is 4.99. The number of hydrogen-bond donors (Lipinski definition) is 2. The van der Waals surface area contributed by atoms with Crippen molar-refractivity contribution < 1.29 is 14.7 Å². The molecule has 15 heavy (non-hydrogen) atoms. The lowest BCUT2D eigenvalue weighted by atomic mass is 10.0. The smallest absolute Gasteiger partial charge is 0.326 e. The molecule has 0 heterocycles. The van der Waals surface area contributed by atoms with Crippen LogP contribution in [0.25, 0.3) is 0 Å². The van der Waals surface area contributed by atoms with Crippen LogP contribution in [-0.4, -0.2) is 23.0 Å². The summed E-state index contributed by atoms with van der Waals surface area (Å²) in [7, 11) is 0. The molecule has 2 atom stereocenters. The van der Waals surface area contributed by atoms with Gasteiger partial charge < -0.3 is 10.4 Å². The van der Waals surface area contributed by atoms with Crippen LogP contribution in [0.1, 0.15) is 27.2 Å². The first-order valence-electron chi connectivity index (χ1n) is 4.81. The molecular weight excluding hydrogens is 196 g/mol. The lowest BCUT2D eigenvalue weighted by Gasteiger charge is -2.16. The molecule has 0 aliphatic heterocycles. The van der Waals surface area contributed by atoms with Gasteiger partial charge in [-0.05, 0) is 13.3 Å². The van der Waals surface area contributed by atoms with E-state index in [1.165, 1.54) is 0 Å². The summed E-state index contributed by atoms with van der Waals surface area (Å²) in [5.74, 6) is -2.07. The number of nitriles is 1. The third-order valence-electron chi connectivity index (χ3n) is 1.95. The number of carbonyl (C=O) groups is 2. The van der Waals surface area contributed by atoms with Gasteiger partial charge in [0.2, 0.25) is 5.91 Å². The Kier molecular flexibility index (Phi) is 5.39. The molecule has 0 aliphatic carbocycles. The van der Waals surface area contributed by atoms with E-state index in [9.17, 15) is 9.59 Å². The first-order valence-corrected chi connectivity index (χ1v) is 4.81. The second kappa shape index (κ2) is 6.02. The van der Waals surface area contributed by atoms with Crippen molar-refractivity contribution in [3.05, 3.63) is 0 Å². The Morgan fingerprint density at radius 3 is 2.27 bits per heavy atom. The summed E-state index contributed by atoms with van der Waals surface area (Å²) in [5, 5.41) is 19.8. The molecule has 0 rings (SSSR count). The number of nitrogens with zero attached hydrogens (tertiary/aromatic N) is 1. The first kappa shape index (κ1) is 13.4. The van der Waals surface area contributed by atoms with Gasteiger partial charge in [0.05, 0.1) is 6.07 Å². The molecule has 0 radical (unpaired) electrons. The molecule has 0 fully saturated rings. The van der Waals surface area contributed by atoms with E-state index >= 15 is 0 Å². The van der Waals surface area contributed by atoms with Crippen LogP contribution in [0.4, 0.5) is 0 Å². The maximum atomic E-state index is 11.3. The number of carbonyl (C=O) groups excluding carboxylic acids is 1. The topological polar surface area (TPSA) is 90.2 Å². The standard InChI is InChI=1S/C10H16N2O3/c1-6(2)9(13)12-8(10(14)15)4-7(3)5-11/h6-8H,4H2,1-3H3,(H,12,13)(H,14,15)/t7-,8-/m1/s1. The van der Waals surface area contributed by atoms with Crippen molar-refractivity contribution in [3.63, 3.8) is 0 Å². The Bertz CT molecular complexity index is 281. The van der Waals surface area contributed by atoms with Crippen LogP contribution in [0, 0.1) is 23.2 Å². The fourth-order valence-corrected chi connectivity index (χ4v) is 0.966. The Morgan fingerprint density at radius 2 is 1.93 bits per heavy atom. The third kappa shape index (κ3) is 5.01. The number of carboxylic acid groups (broad SMARTS) is 1. The summed E-state index contributed by atoms with van der Waals surface area (Å²) < 4.78 is 0. The summed E-state index contributed by atoms with van der Waals surface area (Å²) in [4.78, 5) is 22.1. The quantitative estimate of drug-likeness (QED) is 0.704. The van der Waals surface area contributed by atoms with Gasteiger partial charge in [0.15, 0.2) is 0 Å². The summed E-state index contributed by atoms with van der Waals surface area (Å²) in [5.41, 5.74) is 0. The van der Waals surface area contributed by atoms with Gasteiger partial charge in [0, 0.05) is 11.8 Å². The maximum Gasteiger partial charge on any atom is 0.326 e. The number of hydrogen-bond acceptors (Lipinski definition) is 3. The molecular formula is C10H16N2O3. The van der Waals surface area contributed by atoms with Crippen molar-refractivity contribution in [3.8, 4) is 6.07 Å². The highest BCUT2D eigenvalue weighted by molar-refractivity contribution is 5.84. The van der Waals surface area contributed by atoms with Crippen LogP contribution in [0.3, 0.4) is 0 Å². The van der Waals surface area contributed by atoms with E-state index < -0.39 is 17.9 Å². The molecule has 5 heteroatoms. The van der Waals surface area contributed by atoms with Gasteiger partial charge in [-0.25, -0.2) is 4.79 Å². The van der Waals surface area contributed by atoms with Crippen molar-refractivity contribution in [2.24, 2.45) is 11.8 Å². The molecule has 0 saturated carbocycles. The zero-order valence-corrected chi connectivity index (χ0v) is 9.15. The van der Waals surface area contributed by atoms with Crippen LogP contribution in [0.15, 0.2) is 0 Å². The van der Waals surface area contributed by atoms with Crippen LogP contribution < -0.4 is 5.32 Å². The van der Waals surface area contributed by atoms with Crippen molar-refractivity contribution in [2.75, 3.05) is 0 Å². The molecule has 5 nitrogen and oxygen atoms in total. The van der Waals surface area contributed by atoms with Gasteiger partial charge in [-0.3, -0.25) is 4.79 Å². The second-order valence-corrected chi connectivity index (χ2v) is 3.82. The van der Waals surface area contributed by atoms with Crippen molar-refractivity contribution in [1.82, 2.24) is 5.32 Å². The second-order valence-electron chi connectivity index (χ2n) is 3.82. The normalized spacial score (nSPS) is 14.1. The highest BCUT2D eigenvalue weighted by atomic mass is 16.4. The van der Waals surface area contributed by atoms with Gasteiger partial charge in [0.25, 0.3) is 0 Å². The van der Waals surface area contributed by atoms with Crippen molar-refractivity contribution >= 4 is 11.9 Å². The molecule has 0 aromatic rings. The van der Waals surface area contributed by atoms with E-state index in [1.54, 1.807) is 20.8 Å². The van der Waals surface area contributed by atoms with Crippen LogP contribution in [0.2, 0.25) is 0 Å². The highest BCUT2D eigenvalue weighted by Crippen LogP contribution is 2.06. The number of nitrogens with one attached hydrogen (secondary N) is 1. The van der Waals surface area contributed by atoms with E-state index in [0.29, 0.717) is 0 Å². The average Bonchev–Trinajstić information content (AvgIpc) is 2.15. The fraction of sp³-hybridized carbons (Fsp3) is 0.700. The Labute approximate surface area is 89.1 Å². The highest BCUT2D eigenvalue weighted by Gasteiger charge is 2.23. The number of rotatable bonds is 5. The molecule has 84 valence electrons. The monoisotopic (exact) mass is 212 g/mol. The van der Waals surface area contributed by atoms with Gasteiger partial charge in [-0.2, -0.15) is 5.26 Å². The number of aliphatic carboxylic acids is 1. The van der Waals surface area contributed by atoms with Crippen LogP contribution in [0.5, 0.6) is 0 Å². The lowest BCUT2D eigenvalue weighted by molar-refractivity contribution is -0.142. The average molecular weight is 212 g/mol. The lowest BCUT2D eigenvalue weighted by Crippen LogP contribution is -2.43. The van der Waals surface area contributed by atoms with E-state index in [0.717, 1.165) is 0 Å². The molecule has 0 aliphatic rings. The van der Waals surface area contributed by atoms with Gasteiger partial charge in [0.1, 0.15) is 6.04 Å². The SMILES string of the molecule is CC(C)C(=O)N[C@H](C[C@@H](C)C#N)C(=O)O. The molecule has 0 unspecified atom stereocenters. The molecule has 0 aromatic heterocycles. The Morgan fingerprint density at radius 1 is 1.40 bits per heavy atom. The van der Waals surface area contributed by atoms with Crippen LogP contribution >= 0.6 is 0 Å². The Balaban J connectivity index is 4.37. The van der Waals surface area contributed by atoms with Gasteiger partial charge in [-0.1, -0.05) is 13.8 Å². The maximum absolute atomic E-state index is 11.3. The number of carboxylic acids is 1. The molecule has 0 spiro atoms. The zero-order valence-electron chi connectivity index (χ0n) is 9.15. The molecule has 0 bridgehead atoms. The van der Waals surface area contributed by atoms with E-state index in [4.69, 9.17) is 10.4 Å². The predicted molar refractivity (Wildman–Crippen MR) is 53.8 cm³/mol. The minimum absolute atomic E-state index is 0.129. The first-order chi connectivity index (χ1) is 6.88. The van der Waals surface area contributed by atoms with Gasteiger partial charge >= 0.3 is 5.97 Å². The van der Waals surface area contributed by atoms with Crippen LogP contribution in [-0.2, 0) is 9.59 Å². The van der Waals surface area contributed by atoms with E-state index in [1.807, 2.05) is 6.07 Å². The Hall–Kier alpha value is -1.57. The molecule has 1 amide bonds. The zero-order chi connectivity index (χ0) is 12.0. The summed E-state index contributed by atoms with van der Waals surface area (Å²) in [6, 6.07) is 0.961. The molecule has 2 N–H and O–H groups in total. The predicted octanol–water partition coefficient (Wildman–Crippen LogP) is 0.762. The van der Waals surface area contributed by atoms with E-state index in [2.05, 4.69) is 5.32 Å². The summed E-state index contributed by atoms with van der Waals surface area (Å²) in [6.07, 6.45) is 0.129. The largest absolute Gasteiger partial charge is 0.480 e. The molecule has 0 saturated heterocycles. The van der Waals surface area contributed by atoms with Crippen molar-refractivity contribution in [2.45, 2.75) is 33.2 Å². The number of amides is 1. The molecule has 0 aromatic carbocycles. The fourth-order valence-electron chi connectivity index (χ4n) is 0.966.